The zero-order valence-corrected chi connectivity index (χ0v) is 12.2. The van der Waals surface area contributed by atoms with Crippen molar-refractivity contribution < 1.29 is 5.11 Å². The molecule has 0 radical (unpaired) electrons. The molecule has 0 unspecified atom stereocenters. The second-order valence-electron chi connectivity index (χ2n) is 5.91. The molecule has 8 heteroatoms. The summed E-state index contributed by atoms with van der Waals surface area (Å²) in [7, 11) is 0. The second-order valence-corrected chi connectivity index (χ2v) is 5.91. The van der Waals surface area contributed by atoms with E-state index < -0.39 is 5.60 Å². The van der Waals surface area contributed by atoms with Gasteiger partial charge in [-0.2, -0.15) is 15.0 Å². The highest BCUT2D eigenvalue weighted by Gasteiger charge is 2.31. The summed E-state index contributed by atoms with van der Waals surface area (Å²) in [6, 6.07) is 0. The number of aliphatic hydroxyl groups is 1. The number of nitrogen functional groups attached to an aromatic ring is 1. The van der Waals surface area contributed by atoms with Crippen LogP contribution in [0.15, 0.2) is 0 Å². The molecule has 1 saturated carbocycles. The van der Waals surface area contributed by atoms with Crippen LogP contribution in [0.3, 0.4) is 0 Å². The first-order chi connectivity index (χ1) is 10.2. The van der Waals surface area contributed by atoms with E-state index >= 15 is 0 Å². The largest absolute Gasteiger partial charge is 0.388 e. The van der Waals surface area contributed by atoms with E-state index in [2.05, 4.69) is 30.6 Å². The molecule has 0 amide bonds. The number of nitrogens with one attached hydrogen (secondary N) is 2. The lowest BCUT2D eigenvalue weighted by Crippen LogP contribution is -2.34. The van der Waals surface area contributed by atoms with Gasteiger partial charge in [-0.3, -0.25) is 5.43 Å². The van der Waals surface area contributed by atoms with E-state index in [0.29, 0.717) is 24.4 Å². The number of aromatic nitrogens is 3. The third-order valence-corrected chi connectivity index (χ3v) is 4.25. The Morgan fingerprint density at radius 2 is 1.71 bits per heavy atom. The summed E-state index contributed by atoms with van der Waals surface area (Å²) in [5.41, 5.74) is 1.84. The third-order valence-electron chi connectivity index (χ3n) is 4.25. The van der Waals surface area contributed by atoms with E-state index in [1.54, 1.807) is 0 Å². The van der Waals surface area contributed by atoms with Gasteiger partial charge in [-0.05, 0) is 25.7 Å². The van der Waals surface area contributed by atoms with E-state index in [4.69, 9.17) is 5.84 Å². The van der Waals surface area contributed by atoms with E-state index in [0.717, 1.165) is 51.6 Å². The Morgan fingerprint density at radius 3 is 2.38 bits per heavy atom. The van der Waals surface area contributed by atoms with Crippen molar-refractivity contribution in [2.24, 2.45) is 5.84 Å². The molecule has 1 aliphatic carbocycles. The van der Waals surface area contributed by atoms with E-state index in [1.807, 2.05) is 0 Å². The fourth-order valence-electron chi connectivity index (χ4n) is 3.02. The van der Waals surface area contributed by atoms with Gasteiger partial charge < -0.3 is 15.3 Å². The van der Waals surface area contributed by atoms with Crippen molar-refractivity contribution >= 4 is 17.8 Å². The Labute approximate surface area is 124 Å². The zero-order valence-electron chi connectivity index (χ0n) is 12.2. The van der Waals surface area contributed by atoms with Gasteiger partial charge in [0, 0.05) is 19.6 Å². The smallest absolute Gasteiger partial charge is 0.243 e. The molecule has 8 nitrogen and oxygen atoms in total. The molecule has 21 heavy (non-hydrogen) atoms. The third kappa shape index (κ3) is 3.33. The standard InChI is InChI=1S/C13H23N7O/c14-19-11-16-10(15-9-13(21)5-1-2-6-13)17-12(18-11)20-7-3-4-8-20/h21H,1-9,14H2,(H2,15,16,17,18,19). The zero-order chi connectivity index (χ0) is 14.7. The van der Waals surface area contributed by atoms with Crippen LogP contribution in [0, 0.1) is 0 Å². The normalized spacial score (nSPS) is 20.8. The number of hydrogen-bond donors (Lipinski definition) is 4. The number of nitrogens with zero attached hydrogens (tertiary/aromatic N) is 4. The molecular weight excluding hydrogens is 270 g/mol. The van der Waals surface area contributed by atoms with Crippen molar-refractivity contribution in [3.63, 3.8) is 0 Å². The highest BCUT2D eigenvalue weighted by atomic mass is 16.3. The highest BCUT2D eigenvalue weighted by Crippen LogP contribution is 2.29. The maximum absolute atomic E-state index is 10.4. The Kier molecular flexibility index (Phi) is 4.07. The topological polar surface area (TPSA) is 112 Å². The summed E-state index contributed by atoms with van der Waals surface area (Å²) in [4.78, 5) is 15.1. The predicted molar refractivity (Wildman–Crippen MR) is 81.0 cm³/mol. The SMILES string of the molecule is NNc1nc(NCC2(O)CCCC2)nc(N2CCCC2)n1. The Bertz CT molecular complexity index is 483. The molecule has 5 N–H and O–H groups in total. The second kappa shape index (κ2) is 5.98. The lowest BCUT2D eigenvalue weighted by Gasteiger charge is -2.23. The van der Waals surface area contributed by atoms with Crippen molar-refractivity contribution in [1.29, 1.82) is 0 Å². The number of hydrazine groups is 1. The van der Waals surface area contributed by atoms with Gasteiger partial charge in [0.1, 0.15) is 0 Å². The van der Waals surface area contributed by atoms with Gasteiger partial charge in [0.2, 0.25) is 17.8 Å². The van der Waals surface area contributed by atoms with Crippen LogP contribution in [0.25, 0.3) is 0 Å². The first kappa shape index (κ1) is 14.3. The van der Waals surface area contributed by atoms with Crippen molar-refractivity contribution in [1.82, 2.24) is 15.0 Å². The van der Waals surface area contributed by atoms with Crippen LogP contribution in [-0.4, -0.2) is 45.3 Å². The molecule has 0 bridgehead atoms. The maximum atomic E-state index is 10.4. The average Bonchev–Trinajstić information content (AvgIpc) is 3.17. The molecule has 1 aromatic rings. The van der Waals surface area contributed by atoms with E-state index in [-0.39, 0.29) is 0 Å². The minimum atomic E-state index is -0.642. The number of nitrogens with two attached hydrogens (primary N) is 1. The van der Waals surface area contributed by atoms with E-state index in [9.17, 15) is 5.11 Å². The molecule has 0 aromatic carbocycles. The lowest BCUT2D eigenvalue weighted by atomic mass is 10.0. The fraction of sp³-hybridized carbons (Fsp3) is 0.769. The molecule has 1 aliphatic heterocycles. The first-order valence-electron chi connectivity index (χ1n) is 7.62. The maximum Gasteiger partial charge on any atom is 0.243 e. The van der Waals surface area contributed by atoms with Crippen LogP contribution in [0.4, 0.5) is 17.8 Å². The van der Waals surface area contributed by atoms with Crippen LogP contribution in [0.2, 0.25) is 0 Å². The summed E-state index contributed by atoms with van der Waals surface area (Å²) in [6.07, 6.45) is 6.10. The Balaban J connectivity index is 1.72. The molecule has 1 aromatic heterocycles. The van der Waals surface area contributed by atoms with Crippen LogP contribution >= 0.6 is 0 Å². The van der Waals surface area contributed by atoms with Crippen molar-refractivity contribution in [3.05, 3.63) is 0 Å². The van der Waals surface area contributed by atoms with Gasteiger partial charge in [-0.25, -0.2) is 5.84 Å². The molecule has 116 valence electrons. The molecule has 2 fully saturated rings. The van der Waals surface area contributed by atoms with Crippen molar-refractivity contribution in [2.45, 2.75) is 44.1 Å². The van der Waals surface area contributed by atoms with Crippen LogP contribution in [0.1, 0.15) is 38.5 Å². The van der Waals surface area contributed by atoms with Crippen LogP contribution in [-0.2, 0) is 0 Å². The molecule has 0 atom stereocenters. The van der Waals surface area contributed by atoms with Crippen molar-refractivity contribution in [2.75, 3.05) is 35.3 Å². The lowest BCUT2D eigenvalue weighted by molar-refractivity contribution is 0.0613. The molecule has 2 aliphatic rings. The summed E-state index contributed by atoms with van der Waals surface area (Å²) in [6.45, 7) is 2.37. The highest BCUT2D eigenvalue weighted by molar-refractivity contribution is 5.44. The van der Waals surface area contributed by atoms with E-state index in [1.165, 1.54) is 0 Å². The number of rotatable bonds is 5. The van der Waals surface area contributed by atoms with Crippen molar-refractivity contribution in [3.8, 4) is 0 Å². The number of anilines is 3. The van der Waals surface area contributed by atoms with Gasteiger partial charge in [0.05, 0.1) is 5.60 Å². The molecule has 1 saturated heterocycles. The summed E-state index contributed by atoms with van der Waals surface area (Å²) < 4.78 is 0. The minimum Gasteiger partial charge on any atom is -0.388 e. The van der Waals surface area contributed by atoms with Crippen LogP contribution in [0.5, 0.6) is 0 Å². The van der Waals surface area contributed by atoms with Gasteiger partial charge in [-0.15, -0.1) is 0 Å². The monoisotopic (exact) mass is 293 g/mol. The van der Waals surface area contributed by atoms with Gasteiger partial charge in [-0.1, -0.05) is 12.8 Å². The van der Waals surface area contributed by atoms with Gasteiger partial charge in [0.15, 0.2) is 0 Å². The summed E-state index contributed by atoms with van der Waals surface area (Å²) in [5.74, 6) is 6.87. The first-order valence-corrected chi connectivity index (χ1v) is 7.62. The molecular formula is C13H23N7O. The predicted octanol–water partition coefficient (Wildman–Crippen LogP) is 0.474. The molecule has 0 spiro atoms. The minimum absolute atomic E-state index is 0.341. The average molecular weight is 293 g/mol. The Morgan fingerprint density at radius 1 is 1.05 bits per heavy atom. The van der Waals surface area contributed by atoms with Gasteiger partial charge in [0.25, 0.3) is 0 Å². The molecule has 3 rings (SSSR count). The number of hydrogen-bond acceptors (Lipinski definition) is 8. The van der Waals surface area contributed by atoms with Gasteiger partial charge >= 0.3 is 0 Å². The quantitative estimate of drug-likeness (QED) is 0.458. The molecule has 2 heterocycles. The summed E-state index contributed by atoms with van der Waals surface area (Å²) >= 11 is 0. The fourth-order valence-corrected chi connectivity index (χ4v) is 3.02. The Hall–Kier alpha value is -1.67. The van der Waals surface area contributed by atoms with Crippen LogP contribution < -0.4 is 21.5 Å². The summed E-state index contributed by atoms with van der Waals surface area (Å²) in [5, 5.41) is 13.5.